The molecule has 0 aliphatic heterocycles. The predicted octanol–water partition coefficient (Wildman–Crippen LogP) is 3.92. The van der Waals surface area contributed by atoms with Crippen molar-refractivity contribution in [1.29, 1.82) is 0 Å². The molecule has 2 heterocycles. The maximum atomic E-state index is 5.70. The van der Waals surface area contributed by atoms with Crippen LogP contribution in [0, 0.1) is 6.92 Å². The number of hydrogen-bond donors (Lipinski definition) is 1. The number of aromatic nitrogens is 3. The van der Waals surface area contributed by atoms with Crippen LogP contribution in [0.25, 0.3) is 17.3 Å². The topological polar surface area (TPSA) is 74.3 Å². The van der Waals surface area contributed by atoms with Crippen LogP contribution in [0.4, 0.5) is 5.95 Å². The van der Waals surface area contributed by atoms with Crippen LogP contribution < -0.4 is 14.8 Å². The molecule has 0 unspecified atom stereocenters. The number of ether oxygens (including phenoxy) is 2. The second-order valence-corrected chi connectivity index (χ2v) is 4.85. The van der Waals surface area contributed by atoms with Gasteiger partial charge in [0.05, 0.1) is 14.2 Å². The molecule has 134 valence electrons. The third kappa shape index (κ3) is 3.45. The quantitative estimate of drug-likeness (QED) is 0.756. The Kier molecular flexibility index (Phi) is 6.05. The molecule has 25 heavy (non-hydrogen) atoms. The number of nitrogens with zero attached hydrogens (tertiary/aromatic N) is 3. The van der Waals surface area contributed by atoms with Crippen molar-refractivity contribution in [2.24, 2.45) is 0 Å². The zero-order valence-electron chi connectivity index (χ0n) is 15.5. The lowest BCUT2D eigenvalue weighted by atomic mass is 10.2. The number of rotatable bonds is 5. The highest BCUT2D eigenvalue weighted by Crippen LogP contribution is 2.37. The van der Waals surface area contributed by atoms with E-state index >= 15 is 0 Å². The van der Waals surface area contributed by atoms with E-state index in [9.17, 15) is 0 Å². The van der Waals surface area contributed by atoms with E-state index in [0.29, 0.717) is 34.7 Å². The monoisotopic (exact) mass is 344 g/mol. The first kappa shape index (κ1) is 18.4. The van der Waals surface area contributed by atoms with Crippen LogP contribution in [0.2, 0.25) is 0 Å². The summed E-state index contributed by atoms with van der Waals surface area (Å²) in [7, 11) is 5.00. The number of aryl methyl sites for hydroxylation is 1. The fourth-order valence-corrected chi connectivity index (χ4v) is 2.42. The minimum atomic E-state index is 0.553. The van der Waals surface area contributed by atoms with Gasteiger partial charge in [0.2, 0.25) is 11.8 Å². The first-order valence-corrected chi connectivity index (χ1v) is 8.11. The Hall–Kier alpha value is -2.96. The van der Waals surface area contributed by atoms with Crippen LogP contribution in [0.5, 0.6) is 11.5 Å². The fourth-order valence-electron chi connectivity index (χ4n) is 2.42. The summed E-state index contributed by atoms with van der Waals surface area (Å²) in [5.74, 6) is 3.81. The molecule has 1 aromatic carbocycles. The number of benzene rings is 1. The molecule has 0 saturated heterocycles. The molecule has 3 aromatic rings. The first-order valence-electron chi connectivity index (χ1n) is 8.11. The Morgan fingerprint density at radius 2 is 1.64 bits per heavy atom. The van der Waals surface area contributed by atoms with Crippen LogP contribution in [0.1, 0.15) is 19.6 Å². The van der Waals surface area contributed by atoms with Crippen molar-refractivity contribution in [1.82, 2.24) is 14.8 Å². The smallest absolute Gasteiger partial charge is 0.229 e. The van der Waals surface area contributed by atoms with Gasteiger partial charge in [-0.15, -0.1) is 10.2 Å². The number of furan rings is 1. The lowest BCUT2D eigenvalue weighted by Gasteiger charge is -2.16. The molecular weight excluding hydrogens is 320 g/mol. The highest BCUT2D eigenvalue weighted by molar-refractivity contribution is 5.66. The van der Waals surface area contributed by atoms with Gasteiger partial charge >= 0.3 is 0 Å². The highest BCUT2D eigenvalue weighted by Gasteiger charge is 2.23. The molecular formula is C18H24N4O3. The average molecular weight is 344 g/mol. The SMILES string of the molecule is CC.CNc1nnc(-c2ccc(C)o2)n1-c1c(OC)cccc1OC. The maximum absolute atomic E-state index is 5.70. The molecule has 0 fully saturated rings. The number of para-hydroxylation sites is 1. The largest absolute Gasteiger partial charge is 0.494 e. The maximum Gasteiger partial charge on any atom is 0.229 e. The minimum absolute atomic E-state index is 0.553. The third-order valence-corrected chi connectivity index (χ3v) is 3.47. The zero-order valence-corrected chi connectivity index (χ0v) is 15.5. The van der Waals surface area contributed by atoms with Gasteiger partial charge in [0.1, 0.15) is 22.9 Å². The van der Waals surface area contributed by atoms with Gasteiger partial charge in [0, 0.05) is 7.05 Å². The van der Waals surface area contributed by atoms with Crippen LogP contribution >= 0.6 is 0 Å². The lowest BCUT2D eigenvalue weighted by Crippen LogP contribution is -2.06. The van der Waals surface area contributed by atoms with Gasteiger partial charge in [0.25, 0.3) is 0 Å². The Labute approximate surface area is 147 Å². The van der Waals surface area contributed by atoms with E-state index in [1.54, 1.807) is 21.3 Å². The van der Waals surface area contributed by atoms with E-state index < -0.39 is 0 Å². The summed E-state index contributed by atoms with van der Waals surface area (Å²) in [5.41, 5.74) is 0.705. The van der Waals surface area contributed by atoms with E-state index in [2.05, 4.69) is 15.5 Å². The van der Waals surface area contributed by atoms with Crippen molar-refractivity contribution >= 4 is 5.95 Å². The van der Waals surface area contributed by atoms with Gasteiger partial charge in [-0.3, -0.25) is 4.57 Å². The Morgan fingerprint density at radius 3 is 2.12 bits per heavy atom. The molecule has 3 rings (SSSR count). The summed E-state index contributed by atoms with van der Waals surface area (Å²) >= 11 is 0. The third-order valence-electron chi connectivity index (χ3n) is 3.47. The number of anilines is 1. The van der Waals surface area contributed by atoms with Gasteiger partial charge in [-0.1, -0.05) is 19.9 Å². The van der Waals surface area contributed by atoms with Crippen molar-refractivity contribution in [3.63, 3.8) is 0 Å². The molecule has 0 spiro atoms. The Balaban J connectivity index is 0.00000109. The normalized spacial score (nSPS) is 10.0. The Bertz CT molecular complexity index is 801. The second-order valence-electron chi connectivity index (χ2n) is 4.85. The summed E-state index contributed by atoms with van der Waals surface area (Å²) in [6.45, 7) is 5.88. The van der Waals surface area contributed by atoms with Crippen molar-refractivity contribution in [2.45, 2.75) is 20.8 Å². The summed E-state index contributed by atoms with van der Waals surface area (Å²) in [6, 6.07) is 9.31. The standard InChI is InChI=1S/C16H18N4O3.C2H6/c1-10-8-9-13(23-10)15-18-19-16(17-2)20(15)14-11(21-3)6-5-7-12(14)22-4;1-2/h5-9H,1-4H3,(H,17,19);1-2H3. The Morgan fingerprint density at radius 1 is 1.00 bits per heavy atom. The van der Waals surface area contributed by atoms with Crippen molar-refractivity contribution < 1.29 is 13.9 Å². The molecule has 0 aliphatic rings. The van der Waals surface area contributed by atoms with Crippen molar-refractivity contribution in [2.75, 3.05) is 26.6 Å². The van der Waals surface area contributed by atoms with Crippen molar-refractivity contribution in [3.05, 3.63) is 36.1 Å². The molecule has 2 aromatic heterocycles. The van der Waals surface area contributed by atoms with E-state index in [4.69, 9.17) is 13.9 Å². The van der Waals surface area contributed by atoms with Crippen LogP contribution in [0.3, 0.4) is 0 Å². The van der Waals surface area contributed by atoms with Gasteiger partial charge < -0.3 is 19.2 Å². The molecule has 0 radical (unpaired) electrons. The molecule has 0 atom stereocenters. The summed E-state index contributed by atoms with van der Waals surface area (Å²) < 4.78 is 18.5. The number of hydrogen-bond acceptors (Lipinski definition) is 6. The minimum Gasteiger partial charge on any atom is -0.494 e. The van der Waals surface area contributed by atoms with Crippen LogP contribution in [0.15, 0.2) is 34.7 Å². The van der Waals surface area contributed by atoms with Crippen molar-refractivity contribution in [3.8, 4) is 28.8 Å². The predicted molar refractivity (Wildman–Crippen MR) is 97.8 cm³/mol. The van der Waals surface area contributed by atoms with E-state index in [1.165, 1.54) is 0 Å². The van der Waals surface area contributed by atoms with Gasteiger partial charge in [-0.05, 0) is 31.2 Å². The molecule has 0 amide bonds. The van der Waals surface area contributed by atoms with E-state index in [-0.39, 0.29) is 0 Å². The molecule has 0 bridgehead atoms. The lowest BCUT2D eigenvalue weighted by molar-refractivity contribution is 0.391. The highest BCUT2D eigenvalue weighted by atomic mass is 16.5. The summed E-state index contributed by atoms with van der Waals surface area (Å²) in [5, 5.41) is 11.5. The molecule has 0 saturated carbocycles. The zero-order chi connectivity index (χ0) is 18.4. The second kappa shape index (κ2) is 8.23. The van der Waals surface area contributed by atoms with E-state index in [0.717, 1.165) is 5.76 Å². The average Bonchev–Trinajstić information content (AvgIpc) is 3.28. The van der Waals surface area contributed by atoms with Crippen LogP contribution in [-0.4, -0.2) is 36.0 Å². The molecule has 0 aliphatic carbocycles. The summed E-state index contributed by atoms with van der Waals surface area (Å²) in [4.78, 5) is 0. The number of methoxy groups -OCH3 is 2. The fraction of sp³-hybridized carbons (Fsp3) is 0.333. The summed E-state index contributed by atoms with van der Waals surface area (Å²) in [6.07, 6.45) is 0. The van der Waals surface area contributed by atoms with Gasteiger partial charge in [0.15, 0.2) is 5.76 Å². The van der Waals surface area contributed by atoms with Gasteiger partial charge in [-0.25, -0.2) is 0 Å². The van der Waals surface area contributed by atoms with Gasteiger partial charge in [-0.2, -0.15) is 0 Å². The van der Waals surface area contributed by atoms with Crippen LogP contribution in [-0.2, 0) is 0 Å². The first-order chi connectivity index (χ1) is 12.2. The molecule has 7 heteroatoms. The number of nitrogens with one attached hydrogen (secondary N) is 1. The molecule has 7 nitrogen and oxygen atoms in total. The molecule has 1 N–H and O–H groups in total. The van der Waals surface area contributed by atoms with E-state index in [1.807, 2.05) is 55.7 Å².